The van der Waals surface area contributed by atoms with E-state index in [0.29, 0.717) is 0 Å². The van der Waals surface area contributed by atoms with Gasteiger partial charge in [-0.25, -0.2) is 0 Å². The Bertz CT molecular complexity index is 335. The fourth-order valence-corrected chi connectivity index (χ4v) is 7.61. The molecule has 0 saturated heterocycles. The predicted molar refractivity (Wildman–Crippen MR) is 149 cm³/mol. The minimum Gasteiger partial charge on any atom is -0.0811 e. The van der Waals surface area contributed by atoms with Gasteiger partial charge in [0.25, 0.3) is 0 Å². The zero-order valence-corrected chi connectivity index (χ0v) is 23.4. The van der Waals surface area contributed by atoms with Crippen LogP contribution in [0.25, 0.3) is 0 Å². The molecular weight excluding hydrogens is 391 g/mol. The van der Waals surface area contributed by atoms with Crippen LogP contribution in [-0.2, 0) is 0 Å². The first-order valence-electron chi connectivity index (χ1n) is 14.7. The second kappa shape index (κ2) is 26.4. The van der Waals surface area contributed by atoms with Crippen LogP contribution in [0.15, 0.2) is 11.4 Å². The van der Waals surface area contributed by atoms with Crippen LogP contribution in [0.5, 0.6) is 0 Å². The highest BCUT2D eigenvalue weighted by atomic mass is 31.1. The fourth-order valence-electron chi connectivity index (χ4n) is 4.71. The molecule has 31 heavy (non-hydrogen) atoms. The second-order valence-corrected chi connectivity index (χ2v) is 12.4. The van der Waals surface area contributed by atoms with Crippen molar-refractivity contribution in [3.8, 4) is 0 Å². The maximum absolute atomic E-state index is 2.58. The van der Waals surface area contributed by atoms with Gasteiger partial charge in [0, 0.05) is 0 Å². The molecule has 0 radical (unpaired) electrons. The van der Waals surface area contributed by atoms with Crippen molar-refractivity contribution in [2.75, 3.05) is 12.3 Å². The van der Waals surface area contributed by atoms with Crippen LogP contribution in [0.4, 0.5) is 0 Å². The smallest absolute Gasteiger partial charge is 0.0289 e. The molecule has 0 aliphatic heterocycles. The average molecular weight is 453 g/mol. The maximum atomic E-state index is 2.58. The molecule has 0 aliphatic rings. The normalized spacial score (nSPS) is 12.2. The lowest BCUT2D eigenvalue weighted by Gasteiger charge is -2.21. The second-order valence-electron chi connectivity index (χ2n) is 9.81. The SMILES string of the molecule is CC/C=C(\CC)P(CCCCCCCCCCCC)CCCCCCCCCCCC. The van der Waals surface area contributed by atoms with Crippen LogP contribution >= 0.6 is 7.92 Å². The highest BCUT2D eigenvalue weighted by Gasteiger charge is 2.11. The molecule has 186 valence electrons. The topological polar surface area (TPSA) is 0 Å². The Labute approximate surface area is 200 Å². The Morgan fingerprint density at radius 1 is 0.452 bits per heavy atom. The Hall–Kier alpha value is 0.170. The summed E-state index contributed by atoms with van der Waals surface area (Å²) in [6.45, 7) is 9.34. The third-order valence-corrected chi connectivity index (χ3v) is 9.79. The lowest BCUT2D eigenvalue weighted by atomic mass is 10.1. The summed E-state index contributed by atoms with van der Waals surface area (Å²) >= 11 is 0. The van der Waals surface area contributed by atoms with Gasteiger partial charge in [0.15, 0.2) is 0 Å². The summed E-state index contributed by atoms with van der Waals surface area (Å²) < 4.78 is 0. The van der Waals surface area contributed by atoms with Crippen molar-refractivity contribution in [3.05, 3.63) is 11.4 Å². The Balaban J connectivity index is 3.88. The molecule has 0 heterocycles. The summed E-state index contributed by atoms with van der Waals surface area (Å²) in [6, 6.07) is 0. The molecule has 0 spiro atoms. The summed E-state index contributed by atoms with van der Waals surface area (Å²) in [5, 5.41) is 1.84. The van der Waals surface area contributed by atoms with E-state index in [-0.39, 0.29) is 7.92 Å². The zero-order valence-electron chi connectivity index (χ0n) is 22.5. The van der Waals surface area contributed by atoms with Gasteiger partial charge in [0.2, 0.25) is 0 Å². The highest BCUT2D eigenvalue weighted by Crippen LogP contribution is 2.48. The molecule has 0 aromatic rings. The van der Waals surface area contributed by atoms with Crippen molar-refractivity contribution in [2.24, 2.45) is 0 Å². The van der Waals surface area contributed by atoms with Crippen LogP contribution < -0.4 is 0 Å². The van der Waals surface area contributed by atoms with E-state index in [0.717, 1.165) is 0 Å². The first-order chi connectivity index (χ1) is 15.3. The molecule has 1 heteroatoms. The van der Waals surface area contributed by atoms with Gasteiger partial charge in [0.05, 0.1) is 0 Å². The molecule has 0 nitrogen and oxygen atoms in total. The molecule has 0 atom stereocenters. The number of rotatable bonds is 25. The predicted octanol–water partition coefficient (Wildman–Crippen LogP) is 12.0. The monoisotopic (exact) mass is 452 g/mol. The number of hydrogen-bond acceptors (Lipinski definition) is 0. The third-order valence-electron chi connectivity index (χ3n) is 6.77. The Morgan fingerprint density at radius 3 is 1.06 bits per heavy atom. The Kier molecular flexibility index (Phi) is 26.6. The molecular formula is C30H61P. The lowest BCUT2D eigenvalue weighted by molar-refractivity contribution is 0.561. The van der Waals surface area contributed by atoms with Gasteiger partial charge in [-0.2, -0.15) is 0 Å². The van der Waals surface area contributed by atoms with Gasteiger partial charge in [-0.15, -0.1) is 0 Å². The van der Waals surface area contributed by atoms with Gasteiger partial charge in [-0.1, -0.05) is 163 Å². The number of allylic oxidation sites excluding steroid dienone is 2. The van der Waals surface area contributed by atoms with E-state index >= 15 is 0 Å². The standard InChI is InChI=1S/C30H61P/c1-5-9-11-13-15-17-19-21-23-25-28-31(30(8-4)27-7-3)29-26-24-22-20-18-16-14-12-10-6-2/h27H,5-26,28-29H2,1-4H3/b30-27+. The number of hydrogen-bond donors (Lipinski definition) is 0. The first kappa shape index (κ1) is 31.2. The highest BCUT2D eigenvalue weighted by molar-refractivity contribution is 7.62. The van der Waals surface area contributed by atoms with Crippen molar-refractivity contribution in [1.29, 1.82) is 0 Å². The molecule has 0 rings (SSSR count). The maximum Gasteiger partial charge on any atom is -0.0289 e. The van der Waals surface area contributed by atoms with Gasteiger partial charge in [0.1, 0.15) is 0 Å². The molecule has 0 bridgehead atoms. The van der Waals surface area contributed by atoms with E-state index in [1.807, 2.05) is 5.31 Å². The van der Waals surface area contributed by atoms with Crippen LogP contribution in [0.3, 0.4) is 0 Å². The minimum atomic E-state index is 0.162. The van der Waals surface area contributed by atoms with Crippen LogP contribution in [0.2, 0.25) is 0 Å². The summed E-state index contributed by atoms with van der Waals surface area (Å²) in [6.07, 6.45) is 37.4. The van der Waals surface area contributed by atoms with Gasteiger partial charge in [-0.05, 0) is 38.0 Å². The summed E-state index contributed by atoms with van der Waals surface area (Å²) in [7, 11) is 0.162. The molecule has 0 saturated carbocycles. The van der Waals surface area contributed by atoms with E-state index in [4.69, 9.17) is 0 Å². The zero-order chi connectivity index (χ0) is 22.8. The van der Waals surface area contributed by atoms with Crippen LogP contribution in [-0.4, -0.2) is 12.3 Å². The van der Waals surface area contributed by atoms with Crippen LogP contribution in [0, 0.1) is 0 Å². The largest absolute Gasteiger partial charge is 0.0811 e. The summed E-state index contributed by atoms with van der Waals surface area (Å²) in [5.41, 5.74) is 0. The molecule has 0 aromatic carbocycles. The van der Waals surface area contributed by atoms with Gasteiger partial charge < -0.3 is 0 Å². The van der Waals surface area contributed by atoms with E-state index < -0.39 is 0 Å². The molecule has 0 fully saturated rings. The van der Waals surface area contributed by atoms with Crippen molar-refractivity contribution in [1.82, 2.24) is 0 Å². The molecule has 0 aliphatic carbocycles. The van der Waals surface area contributed by atoms with Gasteiger partial charge in [-0.3, -0.25) is 0 Å². The van der Waals surface area contributed by atoms with Crippen molar-refractivity contribution in [3.63, 3.8) is 0 Å². The van der Waals surface area contributed by atoms with Crippen molar-refractivity contribution >= 4 is 7.92 Å². The Morgan fingerprint density at radius 2 is 0.774 bits per heavy atom. The van der Waals surface area contributed by atoms with E-state index in [2.05, 4.69) is 33.8 Å². The molecule has 0 unspecified atom stereocenters. The van der Waals surface area contributed by atoms with Crippen molar-refractivity contribution < 1.29 is 0 Å². The van der Waals surface area contributed by atoms with E-state index in [1.54, 1.807) is 0 Å². The van der Waals surface area contributed by atoms with Crippen molar-refractivity contribution in [2.45, 2.75) is 169 Å². The lowest BCUT2D eigenvalue weighted by Crippen LogP contribution is -1.95. The molecule has 0 N–H and O–H groups in total. The van der Waals surface area contributed by atoms with E-state index in [1.165, 1.54) is 154 Å². The van der Waals surface area contributed by atoms with E-state index in [9.17, 15) is 0 Å². The quantitative estimate of drug-likeness (QED) is 0.0954. The van der Waals surface area contributed by atoms with Gasteiger partial charge >= 0.3 is 0 Å². The fraction of sp³-hybridized carbons (Fsp3) is 0.933. The summed E-state index contributed by atoms with van der Waals surface area (Å²) in [5.74, 6) is 0. The summed E-state index contributed by atoms with van der Waals surface area (Å²) in [4.78, 5) is 0. The average Bonchev–Trinajstić information content (AvgIpc) is 2.78. The number of unbranched alkanes of at least 4 members (excludes halogenated alkanes) is 18. The first-order valence-corrected chi connectivity index (χ1v) is 16.4. The minimum absolute atomic E-state index is 0.162. The molecule has 0 amide bonds. The third kappa shape index (κ3) is 21.8. The van der Waals surface area contributed by atoms with Crippen LogP contribution in [0.1, 0.15) is 169 Å². The molecule has 0 aromatic heterocycles.